The standard InChI is InChI=1S/C19H28N4O2/c1-14(24)21-16-5-3-15(4-6-16)11-20-19(25)13-23-10-9-17-7-8-18(12-23)22(17)2/h3-6,17-18H,7-13H2,1-2H3,(H,20,25)(H,21,24)/t17-,18+/m1/s1. The van der Waals surface area contributed by atoms with Crippen LogP contribution in [0.5, 0.6) is 0 Å². The minimum absolute atomic E-state index is 0.0753. The van der Waals surface area contributed by atoms with E-state index in [0.717, 1.165) is 30.8 Å². The Morgan fingerprint density at radius 2 is 1.84 bits per heavy atom. The van der Waals surface area contributed by atoms with Crippen molar-refractivity contribution < 1.29 is 9.59 Å². The monoisotopic (exact) mass is 344 g/mol. The topological polar surface area (TPSA) is 64.7 Å². The molecule has 2 aliphatic rings. The van der Waals surface area contributed by atoms with Gasteiger partial charge in [0.2, 0.25) is 11.8 Å². The van der Waals surface area contributed by atoms with E-state index < -0.39 is 0 Å². The molecule has 6 heteroatoms. The van der Waals surface area contributed by atoms with Gasteiger partial charge in [0, 0.05) is 44.3 Å². The van der Waals surface area contributed by atoms with Gasteiger partial charge in [0.15, 0.2) is 0 Å². The minimum atomic E-state index is -0.0853. The summed E-state index contributed by atoms with van der Waals surface area (Å²) in [5, 5.41) is 5.74. The highest BCUT2D eigenvalue weighted by Crippen LogP contribution is 2.28. The summed E-state index contributed by atoms with van der Waals surface area (Å²) in [6.07, 6.45) is 3.71. The SMILES string of the molecule is CC(=O)Nc1ccc(CNC(=O)CN2CC[C@H]3CC[C@@H](C2)N3C)cc1. The maximum absolute atomic E-state index is 12.3. The van der Waals surface area contributed by atoms with E-state index in [1.807, 2.05) is 24.3 Å². The van der Waals surface area contributed by atoms with Crippen molar-refractivity contribution in [3.63, 3.8) is 0 Å². The summed E-state index contributed by atoms with van der Waals surface area (Å²) < 4.78 is 0. The van der Waals surface area contributed by atoms with Crippen molar-refractivity contribution in [2.24, 2.45) is 0 Å². The first-order chi connectivity index (χ1) is 12.0. The van der Waals surface area contributed by atoms with E-state index in [-0.39, 0.29) is 11.8 Å². The second-order valence-corrected chi connectivity index (χ2v) is 7.23. The molecule has 2 amide bonds. The largest absolute Gasteiger partial charge is 0.351 e. The molecule has 3 rings (SSSR count). The van der Waals surface area contributed by atoms with Gasteiger partial charge >= 0.3 is 0 Å². The highest BCUT2D eigenvalue weighted by molar-refractivity contribution is 5.88. The van der Waals surface area contributed by atoms with Crippen molar-refractivity contribution in [2.45, 2.75) is 44.8 Å². The molecule has 0 spiro atoms. The van der Waals surface area contributed by atoms with E-state index in [1.165, 1.54) is 19.8 Å². The summed E-state index contributed by atoms with van der Waals surface area (Å²) in [6.45, 7) is 4.47. The molecule has 0 saturated carbocycles. The Bertz CT molecular complexity index is 616. The van der Waals surface area contributed by atoms with E-state index in [0.29, 0.717) is 25.2 Å². The van der Waals surface area contributed by atoms with Crippen molar-refractivity contribution in [1.82, 2.24) is 15.1 Å². The third-order valence-electron chi connectivity index (χ3n) is 5.36. The molecule has 25 heavy (non-hydrogen) atoms. The maximum Gasteiger partial charge on any atom is 0.234 e. The Balaban J connectivity index is 1.44. The molecule has 2 bridgehead atoms. The Kier molecular flexibility index (Phi) is 5.71. The molecule has 2 atom stereocenters. The molecule has 2 aliphatic heterocycles. The zero-order valence-corrected chi connectivity index (χ0v) is 15.1. The molecule has 136 valence electrons. The molecule has 2 N–H and O–H groups in total. The van der Waals surface area contributed by atoms with Gasteiger partial charge in [0.25, 0.3) is 0 Å². The summed E-state index contributed by atoms with van der Waals surface area (Å²) in [4.78, 5) is 28.1. The van der Waals surface area contributed by atoms with Crippen LogP contribution in [0.1, 0.15) is 31.7 Å². The first-order valence-electron chi connectivity index (χ1n) is 9.09. The van der Waals surface area contributed by atoms with E-state index >= 15 is 0 Å². The summed E-state index contributed by atoms with van der Waals surface area (Å²) >= 11 is 0. The van der Waals surface area contributed by atoms with Crippen molar-refractivity contribution >= 4 is 17.5 Å². The van der Waals surface area contributed by atoms with Crippen LogP contribution < -0.4 is 10.6 Å². The number of nitrogens with one attached hydrogen (secondary N) is 2. The number of anilines is 1. The fourth-order valence-corrected chi connectivity index (χ4v) is 3.89. The van der Waals surface area contributed by atoms with Gasteiger partial charge in [-0.05, 0) is 44.0 Å². The van der Waals surface area contributed by atoms with Crippen LogP contribution in [-0.2, 0) is 16.1 Å². The summed E-state index contributed by atoms with van der Waals surface area (Å²) in [5.41, 5.74) is 1.79. The number of likely N-dealkylation sites (N-methyl/N-ethyl adjacent to an activating group) is 1. The fourth-order valence-electron chi connectivity index (χ4n) is 3.89. The molecule has 0 aliphatic carbocycles. The van der Waals surface area contributed by atoms with Gasteiger partial charge < -0.3 is 10.6 Å². The molecule has 1 aromatic rings. The number of carbonyl (C=O) groups is 2. The lowest BCUT2D eigenvalue weighted by Gasteiger charge is -2.25. The van der Waals surface area contributed by atoms with Crippen LogP contribution >= 0.6 is 0 Å². The van der Waals surface area contributed by atoms with E-state index in [1.54, 1.807) is 0 Å². The summed E-state index contributed by atoms with van der Waals surface area (Å²) in [6, 6.07) is 8.84. The number of fused-ring (bicyclic) bond motifs is 2. The van der Waals surface area contributed by atoms with E-state index in [2.05, 4.69) is 27.5 Å². The van der Waals surface area contributed by atoms with Gasteiger partial charge in [-0.3, -0.25) is 19.4 Å². The lowest BCUT2D eigenvalue weighted by atomic mass is 10.1. The van der Waals surface area contributed by atoms with Crippen molar-refractivity contribution in [1.29, 1.82) is 0 Å². The van der Waals surface area contributed by atoms with Gasteiger partial charge in [-0.1, -0.05) is 12.1 Å². The van der Waals surface area contributed by atoms with Gasteiger partial charge in [-0.15, -0.1) is 0 Å². The summed E-state index contributed by atoms with van der Waals surface area (Å²) in [5.74, 6) is -0.00999. The third kappa shape index (κ3) is 4.80. The highest BCUT2D eigenvalue weighted by atomic mass is 16.2. The van der Waals surface area contributed by atoms with E-state index in [4.69, 9.17) is 0 Å². The number of likely N-dealkylation sites (tertiary alicyclic amines) is 1. The van der Waals surface area contributed by atoms with Crippen LogP contribution in [0.25, 0.3) is 0 Å². The zero-order chi connectivity index (χ0) is 17.8. The zero-order valence-electron chi connectivity index (χ0n) is 15.1. The molecule has 1 aromatic carbocycles. The Morgan fingerprint density at radius 1 is 1.12 bits per heavy atom. The Labute approximate surface area is 149 Å². The number of nitrogens with zero attached hydrogens (tertiary/aromatic N) is 2. The maximum atomic E-state index is 12.3. The molecular weight excluding hydrogens is 316 g/mol. The fraction of sp³-hybridized carbons (Fsp3) is 0.579. The molecule has 0 aromatic heterocycles. The number of carbonyl (C=O) groups excluding carboxylic acids is 2. The first kappa shape index (κ1) is 17.9. The minimum Gasteiger partial charge on any atom is -0.351 e. The van der Waals surface area contributed by atoms with Crippen LogP contribution in [0.2, 0.25) is 0 Å². The lowest BCUT2D eigenvalue weighted by molar-refractivity contribution is -0.122. The number of hydrogen-bond donors (Lipinski definition) is 2. The smallest absolute Gasteiger partial charge is 0.234 e. The number of amides is 2. The number of hydrogen-bond acceptors (Lipinski definition) is 4. The average molecular weight is 344 g/mol. The molecule has 0 unspecified atom stereocenters. The normalized spacial score (nSPS) is 23.9. The summed E-state index contributed by atoms with van der Waals surface area (Å²) in [7, 11) is 2.22. The van der Waals surface area contributed by atoms with Crippen LogP contribution in [0, 0.1) is 0 Å². The van der Waals surface area contributed by atoms with E-state index in [9.17, 15) is 9.59 Å². The molecule has 6 nitrogen and oxygen atoms in total. The van der Waals surface area contributed by atoms with Crippen molar-refractivity contribution in [2.75, 3.05) is 32.0 Å². The second-order valence-electron chi connectivity index (χ2n) is 7.23. The van der Waals surface area contributed by atoms with Crippen LogP contribution in [0.4, 0.5) is 5.69 Å². The molecule has 2 saturated heterocycles. The van der Waals surface area contributed by atoms with Crippen molar-refractivity contribution in [3.05, 3.63) is 29.8 Å². The third-order valence-corrected chi connectivity index (χ3v) is 5.36. The van der Waals surface area contributed by atoms with Crippen LogP contribution in [0.15, 0.2) is 24.3 Å². The van der Waals surface area contributed by atoms with Gasteiger partial charge in [-0.25, -0.2) is 0 Å². The molecule has 2 fully saturated rings. The predicted molar refractivity (Wildman–Crippen MR) is 98.2 cm³/mol. The molecule has 2 heterocycles. The quantitative estimate of drug-likeness (QED) is 0.848. The second kappa shape index (κ2) is 7.97. The van der Waals surface area contributed by atoms with Gasteiger partial charge in [-0.2, -0.15) is 0 Å². The highest BCUT2D eigenvalue weighted by Gasteiger charge is 2.34. The number of rotatable bonds is 5. The van der Waals surface area contributed by atoms with Gasteiger partial charge in [0.05, 0.1) is 6.54 Å². The average Bonchev–Trinajstić information content (AvgIpc) is 2.82. The molecule has 0 radical (unpaired) electrons. The van der Waals surface area contributed by atoms with Gasteiger partial charge in [0.1, 0.15) is 0 Å². The lowest BCUT2D eigenvalue weighted by Crippen LogP contribution is -2.41. The predicted octanol–water partition coefficient (Wildman–Crippen LogP) is 1.43. The van der Waals surface area contributed by atoms with Crippen molar-refractivity contribution in [3.8, 4) is 0 Å². The van der Waals surface area contributed by atoms with Crippen LogP contribution in [0.3, 0.4) is 0 Å². The molecular formula is C19H28N4O2. The first-order valence-corrected chi connectivity index (χ1v) is 9.09. The number of benzene rings is 1. The Morgan fingerprint density at radius 3 is 2.56 bits per heavy atom. The van der Waals surface area contributed by atoms with Crippen LogP contribution in [-0.4, -0.2) is 60.4 Å². The Hall–Kier alpha value is -1.92.